The number of hydrogen-bond acceptors (Lipinski definition) is 10. The lowest BCUT2D eigenvalue weighted by Gasteiger charge is -2.11. The molecule has 2 aromatic carbocycles. The molecule has 0 bridgehead atoms. The summed E-state index contributed by atoms with van der Waals surface area (Å²) in [7, 11) is -2.23. The van der Waals surface area contributed by atoms with Gasteiger partial charge in [0, 0.05) is 43.0 Å². The number of nitrogens with two attached hydrogens (primary N) is 1. The van der Waals surface area contributed by atoms with Crippen molar-refractivity contribution in [3.05, 3.63) is 94.6 Å². The van der Waals surface area contributed by atoms with Crippen LogP contribution in [0.25, 0.3) is 27.7 Å². The van der Waals surface area contributed by atoms with Gasteiger partial charge in [0.2, 0.25) is 0 Å². The number of nitrogens with one attached hydrogen (secondary N) is 1. The number of fused-ring (bicyclic) bond motifs is 1. The molecule has 0 aliphatic heterocycles. The van der Waals surface area contributed by atoms with E-state index < -0.39 is 10.0 Å². The molecule has 3 N–H and O–H groups in total. The average molecular weight is 592 g/mol. The van der Waals surface area contributed by atoms with Crippen molar-refractivity contribution in [3.63, 3.8) is 0 Å². The number of benzene rings is 2. The molecule has 0 spiro atoms. The number of sulfonamides is 1. The van der Waals surface area contributed by atoms with E-state index in [4.69, 9.17) is 22.1 Å². The summed E-state index contributed by atoms with van der Waals surface area (Å²) in [6, 6.07) is 13.4. The van der Waals surface area contributed by atoms with Crippen LogP contribution in [-0.2, 0) is 16.6 Å². The van der Waals surface area contributed by atoms with Crippen LogP contribution in [0.2, 0.25) is 4.47 Å². The molecule has 0 aliphatic rings. The summed E-state index contributed by atoms with van der Waals surface area (Å²) >= 11 is 7.16. The third-order valence-electron chi connectivity index (χ3n) is 5.65. The second kappa shape index (κ2) is 11.8. The van der Waals surface area contributed by atoms with Crippen LogP contribution in [0.15, 0.2) is 89.4 Å². The topological polar surface area (TPSA) is 145 Å². The number of pyridine rings is 1. The van der Waals surface area contributed by atoms with E-state index in [1.54, 1.807) is 50.1 Å². The van der Waals surface area contributed by atoms with Crippen LogP contribution in [0.1, 0.15) is 10.6 Å². The number of ether oxygens (including phenoxy) is 1. The molecule has 10 nitrogen and oxygen atoms in total. The van der Waals surface area contributed by atoms with Crippen LogP contribution in [0.3, 0.4) is 0 Å². The Balaban J connectivity index is 1.33. The first-order chi connectivity index (χ1) is 19.3. The lowest BCUT2D eigenvalue weighted by molar-refractivity contribution is 0.309. The van der Waals surface area contributed by atoms with E-state index in [1.165, 1.54) is 35.9 Å². The largest absolute Gasteiger partial charge is 0.488 e. The van der Waals surface area contributed by atoms with Crippen LogP contribution < -0.4 is 15.2 Å². The Morgan fingerprint density at radius 1 is 1.05 bits per heavy atom. The highest BCUT2D eigenvalue weighted by Gasteiger charge is 2.15. The van der Waals surface area contributed by atoms with Crippen LogP contribution >= 0.6 is 22.9 Å². The Morgan fingerprint density at radius 3 is 2.60 bits per heavy atom. The highest BCUT2D eigenvalue weighted by molar-refractivity contribution is 7.92. The van der Waals surface area contributed by atoms with Gasteiger partial charge in [-0.3, -0.25) is 19.7 Å². The van der Waals surface area contributed by atoms with E-state index in [1.807, 2.05) is 18.2 Å². The van der Waals surface area contributed by atoms with Gasteiger partial charge >= 0.3 is 0 Å². The molecule has 0 saturated carbocycles. The monoisotopic (exact) mass is 591 g/mol. The van der Waals surface area contributed by atoms with E-state index >= 15 is 0 Å². The lowest BCUT2D eigenvalue weighted by Crippen LogP contribution is -2.13. The molecule has 5 aromatic rings. The average Bonchev–Trinajstić information content (AvgIpc) is 3.39. The predicted molar refractivity (Wildman–Crippen MR) is 158 cm³/mol. The Bertz CT molecular complexity index is 1840. The number of allylic oxidation sites excluding steroid dienone is 1. The third kappa shape index (κ3) is 6.25. The number of halogens is 1. The van der Waals surface area contributed by atoms with E-state index in [0.29, 0.717) is 43.8 Å². The standard InChI is InChI=1S/C27H22ClN7O3S2/c1-30-11-19(10-29)26-15-32-24-7-2-17(9-25(24)34-26)18-8-20(13-31-12-18)35-40(36,37)23-5-3-21(4-6-23)38-16-22-14-33-27(28)39-22/h2-15,35H,16,29H2,1H3/b19-10+,30-11?. The molecule has 40 heavy (non-hydrogen) atoms. The smallest absolute Gasteiger partial charge is 0.261 e. The first-order valence-electron chi connectivity index (χ1n) is 11.8. The molecule has 3 aromatic heterocycles. The molecule has 0 aliphatic carbocycles. The molecule has 0 amide bonds. The van der Waals surface area contributed by atoms with Gasteiger partial charge in [-0.25, -0.2) is 18.4 Å². The molecule has 0 fully saturated rings. The molecule has 0 radical (unpaired) electrons. The van der Waals surface area contributed by atoms with E-state index in [9.17, 15) is 8.42 Å². The number of aliphatic imine (C=N–C) groups is 1. The van der Waals surface area contributed by atoms with Crippen molar-refractivity contribution >= 4 is 61.5 Å². The minimum atomic E-state index is -3.87. The van der Waals surface area contributed by atoms with Crippen LogP contribution in [0.5, 0.6) is 5.75 Å². The summed E-state index contributed by atoms with van der Waals surface area (Å²) in [6.07, 6.45) is 9.40. The zero-order chi connectivity index (χ0) is 28.1. The normalized spacial score (nSPS) is 12.2. The van der Waals surface area contributed by atoms with Gasteiger partial charge in [-0.15, -0.1) is 11.3 Å². The number of rotatable bonds is 9. The highest BCUT2D eigenvalue weighted by Crippen LogP contribution is 2.27. The first-order valence-corrected chi connectivity index (χ1v) is 14.4. The fourth-order valence-electron chi connectivity index (χ4n) is 3.75. The van der Waals surface area contributed by atoms with Gasteiger partial charge in [0.1, 0.15) is 12.4 Å². The molecular formula is C27H22ClN7O3S2. The second-order valence-corrected chi connectivity index (χ2v) is 11.8. The van der Waals surface area contributed by atoms with Crippen molar-refractivity contribution in [2.24, 2.45) is 10.7 Å². The third-order valence-corrected chi connectivity index (χ3v) is 8.14. The van der Waals surface area contributed by atoms with Crippen LogP contribution in [0.4, 0.5) is 5.69 Å². The van der Waals surface area contributed by atoms with Crippen molar-refractivity contribution in [1.82, 2.24) is 19.9 Å². The quantitative estimate of drug-likeness (QED) is 0.223. The van der Waals surface area contributed by atoms with Gasteiger partial charge in [-0.2, -0.15) is 0 Å². The maximum atomic E-state index is 13.1. The maximum Gasteiger partial charge on any atom is 0.261 e. The summed E-state index contributed by atoms with van der Waals surface area (Å²) in [5.74, 6) is 0.519. The van der Waals surface area contributed by atoms with Crippen molar-refractivity contribution in [2.45, 2.75) is 11.5 Å². The predicted octanol–water partition coefficient (Wildman–Crippen LogP) is 5.18. The number of aromatic nitrogens is 4. The number of nitrogens with zero attached hydrogens (tertiary/aromatic N) is 5. The van der Waals surface area contributed by atoms with Gasteiger partial charge in [0.15, 0.2) is 4.47 Å². The van der Waals surface area contributed by atoms with E-state index in [-0.39, 0.29) is 11.5 Å². The van der Waals surface area contributed by atoms with Crippen LogP contribution in [-0.4, -0.2) is 41.6 Å². The lowest BCUT2D eigenvalue weighted by atomic mass is 10.1. The Kier molecular flexibility index (Phi) is 8.01. The molecule has 3 heterocycles. The number of thiazole rings is 1. The summed E-state index contributed by atoms with van der Waals surface area (Å²) in [4.78, 5) is 22.3. The van der Waals surface area contributed by atoms with Crippen molar-refractivity contribution in [3.8, 4) is 16.9 Å². The van der Waals surface area contributed by atoms with Crippen molar-refractivity contribution < 1.29 is 13.2 Å². The number of anilines is 1. The van der Waals surface area contributed by atoms with Crippen molar-refractivity contribution in [2.75, 3.05) is 11.8 Å². The summed E-state index contributed by atoms with van der Waals surface area (Å²) in [5, 5.41) is 0. The fraction of sp³-hybridized carbons (Fsp3) is 0.0741. The Labute approximate surface area is 239 Å². The van der Waals surface area contributed by atoms with E-state index in [2.05, 4.69) is 29.7 Å². The Hall–Kier alpha value is -4.39. The van der Waals surface area contributed by atoms with Crippen LogP contribution in [0, 0.1) is 0 Å². The maximum absolute atomic E-state index is 13.1. The molecule has 13 heteroatoms. The van der Waals surface area contributed by atoms with Gasteiger partial charge < -0.3 is 10.5 Å². The zero-order valence-electron chi connectivity index (χ0n) is 21.0. The highest BCUT2D eigenvalue weighted by atomic mass is 35.5. The SMILES string of the molecule is CN=C/C(=C\N)c1cnc2ccc(-c3cncc(NS(=O)(=O)c4ccc(OCc5cnc(Cl)s5)cc4)c3)cc2n1. The van der Waals surface area contributed by atoms with Gasteiger partial charge in [0.05, 0.1) is 44.6 Å². The summed E-state index contributed by atoms with van der Waals surface area (Å²) in [6.45, 7) is 0.284. The van der Waals surface area contributed by atoms with Crippen molar-refractivity contribution in [1.29, 1.82) is 0 Å². The second-order valence-electron chi connectivity index (χ2n) is 8.38. The minimum absolute atomic E-state index is 0.0824. The zero-order valence-corrected chi connectivity index (χ0v) is 23.4. The molecule has 0 saturated heterocycles. The summed E-state index contributed by atoms with van der Waals surface area (Å²) in [5.41, 5.74) is 10.1. The molecule has 5 rings (SSSR count). The summed E-state index contributed by atoms with van der Waals surface area (Å²) < 4.78 is 34.8. The minimum Gasteiger partial charge on any atom is -0.488 e. The fourth-order valence-corrected chi connectivity index (χ4v) is 5.68. The Morgan fingerprint density at radius 2 is 1.88 bits per heavy atom. The molecule has 202 valence electrons. The first kappa shape index (κ1) is 27.2. The molecule has 0 unspecified atom stereocenters. The number of hydrogen-bond donors (Lipinski definition) is 2. The van der Waals surface area contributed by atoms with E-state index in [0.717, 1.165) is 10.4 Å². The molecule has 0 atom stereocenters. The van der Waals surface area contributed by atoms with Gasteiger partial charge in [0.25, 0.3) is 10.0 Å². The van der Waals surface area contributed by atoms with Gasteiger partial charge in [-0.1, -0.05) is 17.7 Å². The van der Waals surface area contributed by atoms with Gasteiger partial charge in [-0.05, 0) is 48.0 Å². The molecular weight excluding hydrogens is 570 g/mol.